The van der Waals surface area contributed by atoms with Gasteiger partial charge in [0.2, 0.25) is 0 Å². The first-order valence-electron chi connectivity index (χ1n) is 10.7. The summed E-state index contributed by atoms with van der Waals surface area (Å²) in [6.45, 7) is 9.94. The number of hydrogen-bond donors (Lipinski definition) is 2. The number of ether oxygens (including phenoxy) is 1. The van der Waals surface area contributed by atoms with Crippen LogP contribution >= 0.6 is 0 Å². The Morgan fingerprint density at radius 1 is 1.38 bits per heavy atom. The third kappa shape index (κ3) is 4.52. The highest BCUT2D eigenvalue weighted by Gasteiger charge is 2.38. The number of fused-ring (bicyclic) bond motifs is 1. The van der Waals surface area contributed by atoms with E-state index in [1.807, 2.05) is 0 Å². The Kier molecular flexibility index (Phi) is 6.41. The first-order valence-corrected chi connectivity index (χ1v) is 10.7. The molecule has 0 bridgehead atoms. The van der Waals surface area contributed by atoms with Crippen molar-refractivity contribution in [2.45, 2.75) is 90.9 Å². The van der Waals surface area contributed by atoms with Gasteiger partial charge in [0.15, 0.2) is 22.8 Å². The average molecular weight is 404 g/mol. The molecule has 2 aromatic rings. The predicted octanol–water partition coefficient (Wildman–Crippen LogP) is 4.22. The van der Waals surface area contributed by atoms with Crippen LogP contribution in [0.5, 0.6) is 0 Å². The molecule has 1 aliphatic rings. The molecule has 8 heteroatoms. The van der Waals surface area contributed by atoms with Gasteiger partial charge in [0.05, 0.1) is 6.10 Å². The van der Waals surface area contributed by atoms with Crippen molar-refractivity contribution in [1.29, 1.82) is 0 Å². The van der Waals surface area contributed by atoms with E-state index in [4.69, 9.17) is 9.72 Å². The first kappa shape index (κ1) is 21.5. The molecule has 29 heavy (non-hydrogen) atoms. The summed E-state index contributed by atoms with van der Waals surface area (Å²) in [6.07, 6.45) is 5.69. The van der Waals surface area contributed by atoms with E-state index in [9.17, 15) is 9.90 Å². The molecule has 2 heterocycles. The molecule has 160 valence electrons. The lowest BCUT2D eigenvalue weighted by Gasteiger charge is -2.34. The van der Waals surface area contributed by atoms with E-state index in [2.05, 4.69) is 36.1 Å². The van der Waals surface area contributed by atoms with Crippen molar-refractivity contribution in [3.8, 4) is 0 Å². The maximum absolute atomic E-state index is 12.6. The zero-order valence-corrected chi connectivity index (χ0v) is 18.1. The Balaban J connectivity index is 2.12. The number of anilines is 1. The van der Waals surface area contributed by atoms with E-state index >= 15 is 0 Å². The second-order valence-electron chi connectivity index (χ2n) is 8.51. The van der Waals surface area contributed by atoms with Crippen molar-refractivity contribution < 1.29 is 14.6 Å². The minimum atomic E-state index is -1.10. The molecule has 1 saturated carbocycles. The molecule has 0 amide bonds. The Morgan fingerprint density at radius 3 is 2.72 bits per heavy atom. The fourth-order valence-corrected chi connectivity index (χ4v) is 4.01. The van der Waals surface area contributed by atoms with Gasteiger partial charge in [0.25, 0.3) is 0 Å². The molecule has 0 unspecified atom stereocenters. The van der Waals surface area contributed by atoms with Crippen LogP contribution in [0.1, 0.15) is 79.0 Å². The quantitative estimate of drug-likeness (QED) is 0.744. The summed E-state index contributed by atoms with van der Waals surface area (Å²) < 4.78 is 6.63. The van der Waals surface area contributed by atoms with Crippen LogP contribution in [0.15, 0.2) is 6.33 Å². The van der Waals surface area contributed by atoms with Crippen LogP contribution < -0.4 is 5.32 Å². The average Bonchev–Trinajstić information content (AvgIpc) is 3.09. The number of aromatic nitrogens is 4. The van der Waals surface area contributed by atoms with Gasteiger partial charge in [0, 0.05) is 6.04 Å². The number of carbonyl (C=O) groups excluding carboxylic acids is 1. The summed E-state index contributed by atoms with van der Waals surface area (Å²) in [6, 6.07) is 0.216. The van der Waals surface area contributed by atoms with Gasteiger partial charge in [-0.1, -0.05) is 27.2 Å². The molecule has 0 aliphatic heterocycles. The minimum absolute atomic E-state index is 0.216. The van der Waals surface area contributed by atoms with E-state index in [-0.39, 0.29) is 12.1 Å². The number of rotatable bonds is 6. The fourth-order valence-electron chi connectivity index (χ4n) is 4.01. The third-order valence-electron chi connectivity index (χ3n) is 5.65. The summed E-state index contributed by atoms with van der Waals surface area (Å²) in [5, 5.41) is 14.8. The first-order chi connectivity index (χ1) is 13.8. The van der Waals surface area contributed by atoms with Gasteiger partial charge in [-0.3, -0.25) is 0 Å². The van der Waals surface area contributed by atoms with Crippen LogP contribution in [-0.4, -0.2) is 42.9 Å². The Bertz CT molecular complexity index is 861. The van der Waals surface area contributed by atoms with Crippen molar-refractivity contribution in [2.75, 3.05) is 5.32 Å². The fraction of sp³-hybridized carbons (Fsp3) is 0.714. The van der Waals surface area contributed by atoms with Crippen molar-refractivity contribution in [1.82, 2.24) is 19.5 Å². The van der Waals surface area contributed by atoms with Gasteiger partial charge in [-0.05, 0) is 51.9 Å². The third-order valence-corrected chi connectivity index (χ3v) is 5.65. The van der Waals surface area contributed by atoms with E-state index in [1.165, 1.54) is 10.9 Å². The second-order valence-corrected chi connectivity index (χ2v) is 8.51. The molecular weight excluding hydrogens is 370 g/mol. The standard InChI is InChI=1S/C21H33N5O3/c1-6-15(7-2)23-17-16-18(26(12-22-16)20(27)29-13(3)4)25-19(24-17)21(28)10-8-9-14(5)11-21/h12-15,28H,6-11H2,1-5H3,(H,23,24,25)/t14-,21+/m1/s1. The number of imidazole rings is 1. The molecule has 8 nitrogen and oxygen atoms in total. The molecule has 0 radical (unpaired) electrons. The largest absolute Gasteiger partial charge is 0.446 e. The van der Waals surface area contributed by atoms with Crippen molar-refractivity contribution in [3.05, 3.63) is 12.2 Å². The SMILES string of the molecule is CCC(CC)Nc1nc([C@]2(O)CCC[C@@H](C)C2)nc2c1ncn2C(=O)OC(C)C. The summed E-state index contributed by atoms with van der Waals surface area (Å²) in [5.74, 6) is 1.30. The molecule has 2 N–H and O–H groups in total. The number of nitrogens with one attached hydrogen (secondary N) is 1. The van der Waals surface area contributed by atoms with Crippen LogP contribution in [0.25, 0.3) is 11.2 Å². The molecule has 0 saturated heterocycles. The number of nitrogens with zero attached hydrogens (tertiary/aromatic N) is 4. The summed E-state index contributed by atoms with van der Waals surface area (Å²) in [5.41, 5.74) is -0.234. The van der Waals surface area contributed by atoms with Crippen LogP contribution in [0.3, 0.4) is 0 Å². The molecular formula is C21H33N5O3. The molecule has 2 atom stereocenters. The zero-order valence-electron chi connectivity index (χ0n) is 18.1. The molecule has 2 aromatic heterocycles. The maximum atomic E-state index is 12.6. The van der Waals surface area contributed by atoms with E-state index in [0.29, 0.717) is 41.6 Å². The van der Waals surface area contributed by atoms with E-state index in [0.717, 1.165) is 25.7 Å². The number of carbonyl (C=O) groups is 1. The van der Waals surface area contributed by atoms with Crippen molar-refractivity contribution in [2.24, 2.45) is 5.92 Å². The van der Waals surface area contributed by atoms with Crippen molar-refractivity contribution in [3.63, 3.8) is 0 Å². The van der Waals surface area contributed by atoms with Crippen LogP contribution in [0, 0.1) is 5.92 Å². The molecule has 3 rings (SSSR count). The molecule has 1 aliphatic carbocycles. The van der Waals surface area contributed by atoms with Gasteiger partial charge in [-0.15, -0.1) is 0 Å². The normalized spacial score (nSPS) is 22.4. The van der Waals surface area contributed by atoms with Gasteiger partial charge in [-0.25, -0.2) is 24.3 Å². The predicted molar refractivity (Wildman–Crippen MR) is 112 cm³/mol. The van der Waals surface area contributed by atoms with Crippen molar-refractivity contribution >= 4 is 23.1 Å². The van der Waals surface area contributed by atoms with E-state index < -0.39 is 11.7 Å². The molecule has 0 aromatic carbocycles. The summed E-state index contributed by atoms with van der Waals surface area (Å²) >= 11 is 0. The minimum Gasteiger partial charge on any atom is -0.446 e. The highest BCUT2D eigenvalue weighted by atomic mass is 16.6. The monoisotopic (exact) mass is 403 g/mol. The topological polar surface area (TPSA) is 102 Å². The van der Waals surface area contributed by atoms with Crippen LogP contribution in [0.4, 0.5) is 10.6 Å². The molecule has 0 spiro atoms. The summed E-state index contributed by atoms with van der Waals surface area (Å²) in [4.78, 5) is 26.2. The lowest BCUT2D eigenvalue weighted by atomic mass is 9.78. The van der Waals surface area contributed by atoms with E-state index in [1.54, 1.807) is 13.8 Å². The number of aliphatic hydroxyl groups is 1. The lowest BCUT2D eigenvalue weighted by molar-refractivity contribution is -0.0253. The van der Waals surface area contributed by atoms with Gasteiger partial charge >= 0.3 is 6.09 Å². The highest BCUT2D eigenvalue weighted by molar-refractivity contribution is 5.90. The lowest BCUT2D eigenvalue weighted by Crippen LogP contribution is -2.34. The molecule has 1 fully saturated rings. The Labute approximate surface area is 172 Å². The van der Waals surface area contributed by atoms with Gasteiger partial charge in [0.1, 0.15) is 11.9 Å². The van der Waals surface area contributed by atoms with Gasteiger partial charge in [-0.2, -0.15) is 0 Å². The Hall–Kier alpha value is -2.22. The second kappa shape index (κ2) is 8.65. The van der Waals surface area contributed by atoms with Crippen LogP contribution in [-0.2, 0) is 10.3 Å². The van der Waals surface area contributed by atoms with Crippen LogP contribution in [0.2, 0.25) is 0 Å². The van der Waals surface area contributed by atoms with Gasteiger partial charge < -0.3 is 15.2 Å². The Morgan fingerprint density at radius 2 is 2.10 bits per heavy atom. The highest BCUT2D eigenvalue weighted by Crippen LogP contribution is 2.39. The smallest absolute Gasteiger partial charge is 0.421 e. The maximum Gasteiger partial charge on any atom is 0.421 e. The summed E-state index contributed by atoms with van der Waals surface area (Å²) in [7, 11) is 0. The number of hydrogen-bond acceptors (Lipinski definition) is 7. The zero-order chi connectivity index (χ0) is 21.2.